The number of ether oxygens (including phenoxy) is 1. The van der Waals surface area contributed by atoms with E-state index in [1.807, 2.05) is 6.92 Å². The van der Waals surface area contributed by atoms with Gasteiger partial charge in [-0.2, -0.15) is 0 Å². The second kappa shape index (κ2) is 9.49. The molecule has 0 bridgehead atoms. The number of carbonyl (C=O) groups excluding carboxylic acids is 3. The first-order chi connectivity index (χ1) is 13.8. The number of carbonyl (C=O) groups is 3. The normalized spacial score (nSPS) is 10.7. The van der Waals surface area contributed by atoms with Gasteiger partial charge in [-0.15, -0.1) is 0 Å². The SMILES string of the molecule is CCOC(=O)c1c(C)c(C(=O)CN(CC)C(=O)c2cccc(F)c2)c(C)n1CC. The number of Topliss-reactive ketones (excluding diaryl/α,β-unsaturated/α-hetero) is 1. The zero-order valence-electron chi connectivity index (χ0n) is 17.5. The lowest BCUT2D eigenvalue weighted by molar-refractivity contribution is 0.0512. The molecular weight excluding hydrogens is 375 g/mol. The summed E-state index contributed by atoms with van der Waals surface area (Å²) in [5.41, 5.74) is 2.16. The molecule has 6 nitrogen and oxygen atoms in total. The summed E-state index contributed by atoms with van der Waals surface area (Å²) in [6.07, 6.45) is 0. The minimum absolute atomic E-state index is 0.163. The number of esters is 1. The smallest absolute Gasteiger partial charge is 0.355 e. The fourth-order valence-corrected chi connectivity index (χ4v) is 3.55. The van der Waals surface area contributed by atoms with E-state index in [2.05, 4.69) is 0 Å². The van der Waals surface area contributed by atoms with E-state index in [-0.39, 0.29) is 24.5 Å². The fraction of sp³-hybridized carbons (Fsp3) is 0.409. The highest BCUT2D eigenvalue weighted by Gasteiger charge is 2.28. The van der Waals surface area contributed by atoms with Crippen molar-refractivity contribution >= 4 is 17.7 Å². The first-order valence-electron chi connectivity index (χ1n) is 9.71. The Balaban J connectivity index is 2.36. The van der Waals surface area contributed by atoms with E-state index < -0.39 is 17.7 Å². The number of ketones is 1. The summed E-state index contributed by atoms with van der Waals surface area (Å²) in [6.45, 7) is 9.72. The maximum atomic E-state index is 13.5. The van der Waals surface area contributed by atoms with E-state index in [0.717, 1.165) is 6.07 Å². The predicted molar refractivity (Wildman–Crippen MR) is 108 cm³/mol. The largest absolute Gasteiger partial charge is 0.461 e. The molecule has 1 heterocycles. The zero-order valence-corrected chi connectivity index (χ0v) is 17.5. The molecule has 29 heavy (non-hydrogen) atoms. The van der Waals surface area contributed by atoms with Crippen LogP contribution in [-0.2, 0) is 11.3 Å². The van der Waals surface area contributed by atoms with E-state index in [1.165, 1.54) is 23.1 Å². The highest BCUT2D eigenvalue weighted by molar-refractivity contribution is 6.06. The van der Waals surface area contributed by atoms with Crippen LogP contribution in [0.25, 0.3) is 0 Å². The number of halogens is 1. The van der Waals surface area contributed by atoms with Gasteiger partial charge in [-0.25, -0.2) is 9.18 Å². The van der Waals surface area contributed by atoms with Crippen LogP contribution in [0, 0.1) is 19.7 Å². The third-order valence-electron chi connectivity index (χ3n) is 4.91. The summed E-state index contributed by atoms with van der Waals surface area (Å²) in [5.74, 6) is -1.68. The van der Waals surface area contributed by atoms with Gasteiger partial charge in [0.05, 0.1) is 13.2 Å². The number of hydrogen-bond acceptors (Lipinski definition) is 4. The maximum Gasteiger partial charge on any atom is 0.355 e. The molecule has 156 valence electrons. The molecule has 0 unspecified atom stereocenters. The highest BCUT2D eigenvalue weighted by atomic mass is 19.1. The van der Waals surface area contributed by atoms with Crippen molar-refractivity contribution in [3.63, 3.8) is 0 Å². The minimum atomic E-state index is -0.510. The van der Waals surface area contributed by atoms with Crippen LogP contribution in [0.2, 0.25) is 0 Å². The van der Waals surface area contributed by atoms with Crippen molar-refractivity contribution in [1.82, 2.24) is 9.47 Å². The van der Waals surface area contributed by atoms with Gasteiger partial charge >= 0.3 is 5.97 Å². The molecule has 0 fully saturated rings. The quantitative estimate of drug-likeness (QED) is 0.498. The summed E-state index contributed by atoms with van der Waals surface area (Å²) in [7, 11) is 0. The van der Waals surface area contributed by atoms with Gasteiger partial charge in [0.15, 0.2) is 5.78 Å². The molecule has 1 amide bonds. The lowest BCUT2D eigenvalue weighted by atomic mass is 10.0. The van der Waals surface area contributed by atoms with E-state index in [4.69, 9.17) is 4.74 Å². The van der Waals surface area contributed by atoms with Crippen LogP contribution in [0.15, 0.2) is 24.3 Å². The molecule has 0 saturated heterocycles. The molecule has 0 spiro atoms. The van der Waals surface area contributed by atoms with Gasteiger partial charge in [-0.3, -0.25) is 9.59 Å². The molecule has 1 aromatic heterocycles. The van der Waals surface area contributed by atoms with Gasteiger partial charge in [0.2, 0.25) is 0 Å². The Morgan fingerprint density at radius 2 is 1.83 bits per heavy atom. The Morgan fingerprint density at radius 3 is 2.38 bits per heavy atom. The second-order valence-corrected chi connectivity index (χ2v) is 6.65. The van der Waals surface area contributed by atoms with Crippen LogP contribution in [0.3, 0.4) is 0 Å². The fourth-order valence-electron chi connectivity index (χ4n) is 3.55. The van der Waals surface area contributed by atoms with Crippen molar-refractivity contribution in [1.29, 1.82) is 0 Å². The van der Waals surface area contributed by atoms with Crippen molar-refractivity contribution < 1.29 is 23.5 Å². The molecule has 0 aliphatic carbocycles. The van der Waals surface area contributed by atoms with Crippen LogP contribution in [0.5, 0.6) is 0 Å². The second-order valence-electron chi connectivity index (χ2n) is 6.65. The Morgan fingerprint density at radius 1 is 1.14 bits per heavy atom. The lowest BCUT2D eigenvalue weighted by Crippen LogP contribution is -2.36. The van der Waals surface area contributed by atoms with Crippen LogP contribution < -0.4 is 0 Å². The molecule has 7 heteroatoms. The Bertz CT molecular complexity index is 933. The third-order valence-corrected chi connectivity index (χ3v) is 4.91. The van der Waals surface area contributed by atoms with Gasteiger partial charge < -0.3 is 14.2 Å². The number of likely N-dealkylation sites (N-methyl/N-ethyl adjacent to an activating group) is 1. The number of hydrogen-bond donors (Lipinski definition) is 0. The standard InChI is InChI=1S/C22H27FN2O4/c1-6-24(21(27)16-10-9-11-17(23)12-16)13-18(26)19-14(4)20(22(28)29-8-3)25(7-2)15(19)5/h9-12H,6-8,13H2,1-5H3. The summed E-state index contributed by atoms with van der Waals surface area (Å²) in [5, 5.41) is 0. The van der Waals surface area contributed by atoms with Crippen LogP contribution in [0.1, 0.15) is 63.2 Å². The maximum absolute atomic E-state index is 13.5. The summed E-state index contributed by atoms with van der Waals surface area (Å²) in [6, 6.07) is 5.38. The molecule has 2 rings (SSSR count). The Hall–Kier alpha value is -2.96. The molecule has 0 saturated carbocycles. The molecule has 0 N–H and O–H groups in total. The summed E-state index contributed by atoms with van der Waals surface area (Å²) >= 11 is 0. The van der Waals surface area contributed by atoms with Crippen LogP contribution in [0.4, 0.5) is 4.39 Å². The van der Waals surface area contributed by atoms with E-state index in [0.29, 0.717) is 35.6 Å². The molecule has 0 radical (unpaired) electrons. The Kier molecular flexibility index (Phi) is 7.31. The molecule has 0 aliphatic rings. The average Bonchev–Trinajstić information content (AvgIpc) is 2.95. The van der Waals surface area contributed by atoms with E-state index in [9.17, 15) is 18.8 Å². The Labute approximate surface area is 170 Å². The topological polar surface area (TPSA) is 68.6 Å². The van der Waals surface area contributed by atoms with Crippen molar-refractivity contribution in [3.05, 3.63) is 58.2 Å². The van der Waals surface area contributed by atoms with Crippen molar-refractivity contribution in [3.8, 4) is 0 Å². The monoisotopic (exact) mass is 402 g/mol. The van der Waals surface area contributed by atoms with Gasteiger partial charge in [0, 0.05) is 29.9 Å². The molecule has 2 aromatic rings. The average molecular weight is 402 g/mol. The molecule has 0 atom stereocenters. The van der Waals surface area contributed by atoms with Crippen molar-refractivity contribution in [2.45, 2.75) is 41.2 Å². The number of nitrogens with zero attached hydrogens (tertiary/aromatic N) is 2. The summed E-state index contributed by atoms with van der Waals surface area (Å²) in [4.78, 5) is 39.5. The van der Waals surface area contributed by atoms with E-state index >= 15 is 0 Å². The molecule has 1 aromatic carbocycles. The van der Waals surface area contributed by atoms with Gasteiger partial charge in [0.25, 0.3) is 5.91 Å². The minimum Gasteiger partial charge on any atom is -0.461 e. The highest BCUT2D eigenvalue weighted by Crippen LogP contribution is 2.24. The van der Waals surface area contributed by atoms with Crippen LogP contribution >= 0.6 is 0 Å². The first kappa shape index (κ1) is 22.3. The van der Waals surface area contributed by atoms with Crippen LogP contribution in [-0.4, -0.2) is 46.8 Å². The van der Waals surface area contributed by atoms with Gasteiger partial charge in [-0.05, 0) is 58.4 Å². The number of aromatic nitrogens is 1. The molecular formula is C22H27FN2O4. The lowest BCUT2D eigenvalue weighted by Gasteiger charge is -2.20. The van der Waals surface area contributed by atoms with Crippen molar-refractivity contribution in [2.24, 2.45) is 0 Å². The van der Waals surface area contributed by atoms with Gasteiger partial charge in [-0.1, -0.05) is 6.07 Å². The predicted octanol–water partition coefficient (Wildman–Crippen LogP) is 3.79. The molecule has 0 aliphatic heterocycles. The summed E-state index contributed by atoms with van der Waals surface area (Å²) < 4.78 is 20.4. The number of amides is 1. The number of benzene rings is 1. The van der Waals surface area contributed by atoms with Crippen molar-refractivity contribution in [2.75, 3.05) is 19.7 Å². The number of rotatable bonds is 8. The first-order valence-corrected chi connectivity index (χ1v) is 9.71. The zero-order chi connectivity index (χ0) is 21.7. The van der Waals surface area contributed by atoms with Gasteiger partial charge in [0.1, 0.15) is 11.5 Å². The van der Waals surface area contributed by atoms with E-state index in [1.54, 1.807) is 32.3 Å². The third kappa shape index (κ3) is 4.55.